The molecule has 3 heteroatoms. The molecule has 102 valence electrons. The van der Waals surface area contributed by atoms with Crippen LogP contribution in [0, 0.1) is 11.2 Å². The average Bonchev–Trinajstić information content (AvgIpc) is 2.23. The lowest BCUT2D eigenvalue weighted by Crippen LogP contribution is -2.46. The molecule has 1 aliphatic carbocycles. The largest absolute Gasteiger partial charge is 0.325 e. The van der Waals surface area contributed by atoms with E-state index in [4.69, 9.17) is 0 Å². The molecule has 0 saturated heterocycles. The van der Waals surface area contributed by atoms with Crippen molar-refractivity contribution in [1.29, 1.82) is 0 Å². The van der Waals surface area contributed by atoms with Crippen molar-refractivity contribution in [1.82, 2.24) is 0 Å². The molecule has 1 aromatic carbocycles. The minimum Gasteiger partial charge on any atom is -0.325 e. The molecule has 1 aliphatic heterocycles. The molecule has 3 rings (SSSR count). The van der Waals surface area contributed by atoms with Crippen LogP contribution in [0.15, 0.2) is 12.1 Å². The van der Waals surface area contributed by atoms with Gasteiger partial charge < -0.3 is 5.32 Å². The molecule has 19 heavy (non-hydrogen) atoms. The SMILES string of the molecule is CC(C)(C)c1cc2c(cc1F)NC(=O)C1(CCC1)C2. The van der Waals surface area contributed by atoms with E-state index < -0.39 is 0 Å². The number of carbonyl (C=O) groups excluding carboxylic acids is 1. The molecule has 1 saturated carbocycles. The Morgan fingerprint density at radius 3 is 2.47 bits per heavy atom. The molecule has 0 bridgehead atoms. The zero-order valence-electron chi connectivity index (χ0n) is 11.8. The second-order valence-corrected chi connectivity index (χ2v) is 7.00. The predicted octanol–water partition coefficient (Wildman–Crippen LogP) is 3.79. The number of halogens is 1. The number of fused-ring (bicyclic) bond motifs is 1. The minimum absolute atomic E-state index is 0.0779. The third-order valence-corrected chi connectivity index (χ3v) is 4.57. The lowest BCUT2D eigenvalue weighted by atomic mass is 9.63. The van der Waals surface area contributed by atoms with Crippen LogP contribution < -0.4 is 5.32 Å². The fraction of sp³-hybridized carbons (Fsp3) is 0.562. The molecular weight excluding hydrogens is 241 g/mol. The predicted molar refractivity (Wildman–Crippen MR) is 73.7 cm³/mol. The summed E-state index contributed by atoms with van der Waals surface area (Å²) in [6, 6.07) is 3.43. The van der Waals surface area contributed by atoms with Gasteiger partial charge in [-0.05, 0) is 41.9 Å². The summed E-state index contributed by atoms with van der Waals surface area (Å²) in [6.07, 6.45) is 3.80. The van der Waals surface area contributed by atoms with Gasteiger partial charge >= 0.3 is 0 Å². The van der Waals surface area contributed by atoms with Crippen LogP contribution in [0.5, 0.6) is 0 Å². The van der Waals surface area contributed by atoms with E-state index in [9.17, 15) is 9.18 Å². The van der Waals surface area contributed by atoms with Crippen LogP contribution in [0.4, 0.5) is 10.1 Å². The maximum atomic E-state index is 14.1. The van der Waals surface area contributed by atoms with Gasteiger partial charge in [-0.3, -0.25) is 4.79 Å². The van der Waals surface area contributed by atoms with E-state index in [-0.39, 0.29) is 22.6 Å². The van der Waals surface area contributed by atoms with Crippen molar-refractivity contribution in [3.8, 4) is 0 Å². The van der Waals surface area contributed by atoms with E-state index in [1.807, 2.05) is 26.8 Å². The number of hydrogen-bond donors (Lipinski definition) is 1. The fourth-order valence-electron chi connectivity index (χ4n) is 3.16. The van der Waals surface area contributed by atoms with Crippen LogP contribution in [0.25, 0.3) is 0 Å². The van der Waals surface area contributed by atoms with Gasteiger partial charge in [0, 0.05) is 5.69 Å². The summed E-state index contributed by atoms with van der Waals surface area (Å²) in [6.45, 7) is 6.04. The Balaban J connectivity index is 2.06. The van der Waals surface area contributed by atoms with Crippen LogP contribution in [0.2, 0.25) is 0 Å². The number of benzene rings is 1. The van der Waals surface area contributed by atoms with Crippen LogP contribution in [-0.2, 0) is 16.6 Å². The first-order chi connectivity index (χ1) is 8.82. The second kappa shape index (κ2) is 3.81. The normalized spacial score (nSPS) is 20.7. The van der Waals surface area contributed by atoms with E-state index in [1.54, 1.807) is 0 Å². The van der Waals surface area contributed by atoms with Gasteiger partial charge in [0.1, 0.15) is 5.82 Å². The van der Waals surface area contributed by atoms with Crippen LogP contribution in [0.1, 0.15) is 51.2 Å². The number of nitrogens with one attached hydrogen (secondary N) is 1. The smallest absolute Gasteiger partial charge is 0.230 e. The Morgan fingerprint density at radius 1 is 1.26 bits per heavy atom. The minimum atomic E-state index is -0.226. The molecule has 0 radical (unpaired) electrons. The molecule has 1 fully saturated rings. The zero-order valence-corrected chi connectivity index (χ0v) is 11.8. The molecular formula is C16H20FNO. The highest BCUT2D eigenvalue weighted by Gasteiger charge is 2.47. The number of anilines is 1. The second-order valence-electron chi connectivity index (χ2n) is 7.00. The van der Waals surface area contributed by atoms with Crippen LogP contribution >= 0.6 is 0 Å². The summed E-state index contributed by atoms with van der Waals surface area (Å²) in [4.78, 5) is 12.1. The highest BCUT2D eigenvalue weighted by molar-refractivity contribution is 5.99. The van der Waals surface area contributed by atoms with Crippen molar-refractivity contribution < 1.29 is 9.18 Å². The van der Waals surface area contributed by atoms with Crippen molar-refractivity contribution >= 4 is 11.6 Å². The quantitative estimate of drug-likeness (QED) is 0.756. The van der Waals surface area contributed by atoms with Crippen molar-refractivity contribution in [2.75, 3.05) is 5.32 Å². The van der Waals surface area contributed by atoms with E-state index in [0.717, 1.165) is 36.8 Å². The number of carbonyl (C=O) groups is 1. The van der Waals surface area contributed by atoms with Crippen molar-refractivity contribution in [3.05, 3.63) is 29.1 Å². The number of amides is 1. The summed E-state index contributed by atoms with van der Waals surface area (Å²) in [5.74, 6) is -0.148. The first kappa shape index (κ1) is 12.6. The zero-order chi connectivity index (χ0) is 13.8. The summed E-state index contributed by atoms with van der Waals surface area (Å²) < 4.78 is 14.1. The Kier molecular flexibility index (Phi) is 2.54. The van der Waals surface area contributed by atoms with E-state index >= 15 is 0 Å². The van der Waals surface area contributed by atoms with Crippen molar-refractivity contribution in [2.45, 2.75) is 51.9 Å². The molecule has 2 nitrogen and oxygen atoms in total. The van der Waals surface area contributed by atoms with Gasteiger partial charge in [0.15, 0.2) is 0 Å². The molecule has 1 heterocycles. The van der Waals surface area contributed by atoms with Gasteiger partial charge in [0.2, 0.25) is 5.91 Å². The molecule has 2 aliphatic rings. The number of hydrogen-bond acceptors (Lipinski definition) is 1. The van der Waals surface area contributed by atoms with E-state index in [1.165, 1.54) is 6.07 Å². The maximum absolute atomic E-state index is 14.1. The maximum Gasteiger partial charge on any atom is 0.230 e. The Labute approximate surface area is 113 Å². The third-order valence-electron chi connectivity index (χ3n) is 4.57. The summed E-state index contributed by atoms with van der Waals surface area (Å²) in [7, 11) is 0. The Morgan fingerprint density at radius 2 is 1.95 bits per heavy atom. The summed E-state index contributed by atoms with van der Waals surface area (Å²) in [5, 5.41) is 2.89. The van der Waals surface area contributed by atoms with Crippen LogP contribution in [-0.4, -0.2) is 5.91 Å². The third kappa shape index (κ3) is 1.87. The Hall–Kier alpha value is -1.38. The highest BCUT2D eigenvalue weighted by atomic mass is 19.1. The molecule has 0 unspecified atom stereocenters. The van der Waals surface area contributed by atoms with Crippen molar-refractivity contribution in [3.63, 3.8) is 0 Å². The lowest BCUT2D eigenvalue weighted by molar-refractivity contribution is -0.130. The summed E-state index contributed by atoms with van der Waals surface area (Å²) in [5.41, 5.74) is 2.06. The molecule has 1 amide bonds. The molecule has 1 spiro atoms. The fourth-order valence-corrected chi connectivity index (χ4v) is 3.16. The van der Waals surface area contributed by atoms with Gasteiger partial charge in [-0.15, -0.1) is 0 Å². The van der Waals surface area contributed by atoms with Gasteiger partial charge in [-0.1, -0.05) is 33.3 Å². The van der Waals surface area contributed by atoms with Gasteiger partial charge in [0.25, 0.3) is 0 Å². The monoisotopic (exact) mass is 261 g/mol. The standard InChI is InChI=1S/C16H20FNO/c1-15(2,3)11-7-10-9-16(5-4-6-16)14(19)18-13(10)8-12(11)17/h7-8H,4-6,9H2,1-3H3,(H,18,19). The number of rotatable bonds is 0. The Bertz CT molecular complexity index is 553. The van der Waals surface area contributed by atoms with Gasteiger partial charge in [-0.25, -0.2) is 4.39 Å². The van der Waals surface area contributed by atoms with E-state index in [2.05, 4.69) is 5.32 Å². The topological polar surface area (TPSA) is 29.1 Å². The molecule has 0 aromatic heterocycles. The van der Waals surface area contributed by atoms with Crippen molar-refractivity contribution in [2.24, 2.45) is 5.41 Å². The molecule has 1 N–H and O–H groups in total. The van der Waals surface area contributed by atoms with E-state index in [0.29, 0.717) is 5.69 Å². The highest BCUT2D eigenvalue weighted by Crippen LogP contribution is 2.48. The molecule has 0 atom stereocenters. The molecule has 1 aromatic rings. The first-order valence-corrected chi connectivity index (χ1v) is 6.96. The average molecular weight is 261 g/mol. The first-order valence-electron chi connectivity index (χ1n) is 6.96. The lowest BCUT2D eigenvalue weighted by Gasteiger charge is -2.44. The van der Waals surface area contributed by atoms with Gasteiger partial charge in [0.05, 0.1) is 5.41 Å². The van der Waals surface area contributed by atoms with Crippen LogP contribution in [0.3, 0.4) is 0 Å². The summed E-state index contributed by atoms with van der Waals surface area (Å²) >= 11 is 0. The van der Waals surface area contributed by atoms with Gasteiger partial charge in [-0.2, -0.15) is 0 Å².